The van der Waals surface area contributed by atoms with E-state index in [2.05, 4.69) is 10.3 Å². The molecule has 3 rings (SSSR count). The number of carbonyl (C=O) groups is 4. The number of aliphatic hydroxyl groups is 1. The molecule has 2 bridgehead atoms. The molecule has 0 spiro atoms. The van der Waals surface area contributed by atoms with E-state index in [9.17, 15) is 24.3 Å². The van der Waals surface area contributed by atoms with Crippen molar-refractivity contribution in [3.63, 3.8) is 0 Å². The lowest BCUT2D eigenvalue weighted by Crippen LogP contribution is -2.44. The molecule has 5 atom stereocenters. The first-order valence-corrected chi connectivity index (χ1v) is 13.5. The zero-order valence-electron chi connectivity index (χ0n) is 23.3. The van der Waals surface area contributed by atoms with Gasteiger partial charge in [-0.2, -0.15) is 0 Å². The summed E-state index contributed by atoms with van der Waals surface area (Å²) in [5.74, 6) is -2.51. The normalized spacial score (nSPS) is 29.1. The van der Waals surface area contributed by atoms with Crippen LogP contribution in [-0.2, 0) is 25.5 Å². The predicted molar refractivity (Wildman–Crippen MR) is 143 cm³/mol. The minimum atomic E-state index is -1.04. The Labute approximate surface area is 229 Å². The van der Waals surface area contributed by atoms with E-state index in [0.717, 1.165) is 5.57 Å². The summed E-state index contributed by atoms with van der Waals surface area (Å²) in [6, 6.07) is -0.765. The molecule has 2 aliphatic heterocycles. The van der Waals surface area contributed by atoms with Gasteiger partial charge >= 0.3 is 5.97 Å². The molecule has 1 aromatic heterocycles. The van der Waals surface area contributed by atoms with Gasteiger partial charge in [-0.25, -0.2) is 9.78 Å². The molecule has 1 aromatic rings. The number of cyclic esters (lactones) is 1. The van der Waals surface area contributed by atoms with Gasteiger partial charge in [-0.3, -0.25) is 14.4 Å². The van der Waals surface area contributed by atoms with E-state index < -0.39 is 36.0 Å². The first-order valence-electron chi connectivity index (χ1n) is 13.5. The highest BCUT2D eigenvalue weighted by Gasteiger charge is 2.38. The number of rotatable bonds is 1. The lowest BCUT2D eigenvalue weighted by atomic mass is 9.94. The van der Waals surface area contributed by atoms with Crippen molar-refractivity contribution in [2.75, 3.05) is 13.1 Å². The number of Topliss-reactive ketones (excluding diaryl/α,β-unsaturated/α-hetero) is 1. The number of ketones is 1. The maximum absolute atomic E-state index is 13.2. The van der Waals surface area contributed by atoms with E-state index in [-0.39, 0.29) is 48.1 Å². The number of allylic oxidation sites excluding steroid dienone is 2. The van der Waals surface area contributed by atoms with Crippen LogP contribution in [-0.4, -0.2) is 69.9 Å². The second-order valence-corrected chi connectivity index (χ2v) is 10.6. The van der Waals surface area contributed by atoms with Gasteiger partial charge < -0.3 is 24.5 Å². The van der Waals surface area contributed by atoms with E-state index in [0.29, 0.717) is 19.4 Å². The Hall–Kier alpha value is -3.53. The van der Waals surface area contributed by atoms with Gasteiger partial charge in [0, 0.05) is 24.9 Å². The molecule has 212 valence electrons. The molecule has 10 nitrogen and oxygen atoms in total. The maximum Gasteiger partial charge on any atom is 0.329 e. The van der Waals surface area contributed by atoms with Crippen LogP contribution in [0.4, 0.5) is 0 Å². The number of fused-ring (bicyclic) bond motifs is 3. The molecule has 2 N–H and O–H groups in total. The third kappa shape index (κ3) is 7.98. The minimum Gasteiger partial charge on any atom is -0.460 e. The molecule has 0 saturated carbocycles. The topological polar surface area (TPSA) is 139 Å². The highest BCUT2D eigenvalue weighted by atomic mass is 16.5. The van der Waals surface area contributed by atoms with Crippen molar-refractivity contribution < 1.29 is 33.4 Å². The van der Waals surface area contributed by atoms with Crippen molar-refractivity contribution >= 4 is 23.6 Å². The summed E-state index contributed by atoms with van der Waals surface area (Å²) in [7, 11) is 0. The summed E-state index contributed by atoms with van der Waals surface area (Å²) in [5, 5.41) is 13.3. The first kappa shape index (κ1) is 30.0. The molecular formula is C29H39N3O7. The lowest BCUT2D eigenvalue weighted by Gasteiger charge is -2.29. The Bertz CT molecular complexity index is 1150. The van der Waals surface area contributed by atoms with Crippen LogP contribution in [0.25, 0.3) is 0 Å². The van der Waals surface area contributed by atoms with Crippen LogP contribution in [0.1, 0.15) is 63.8 Å². The van der Waals surface area contributed by atoms with Gasteiger partial charge in [0.25, 0.3) is 5.91 Å². The largest absolute Gasteiger partial charge is 0.460 e. The average Bonchev–Trinajstić information content (AvgIpc) is 3.56. The number of hydrogen-bond donors (Lipinski definition) is 2. The van der Waals surface area contributed by atoms with Crippen molar-refractivity contribution in [3.8, 4) is 0 Å². The Morgan fingerprint density at radius 3 is 2.62 bits per heavy atom. The highest BCUT2D eigenvalue weighted by Crippen LogP contribution is 2.25. The molecule has 2 amide bonds. The van der Waals surface area contributed by atoms with Gasteiger partial charge in [-0.1, -0.05) is 57.6 Å². The summed E-state index contributed by atoms with van der Waals surface area (Å²) in [4.78, 5) is 57.1. The molecule has 1 saturated heterocycles. The molecule has 0 aromatic carbocycles. The minimum absolute atomic E-state index is 0.00712. The van der Waals surface area contributed by atoms with Crippen molar-refractivity contribution in [1.82, 2.24) is 15.2 Å². The number of esters is 1. The lowest BCUT2D eigenvalue weighted by molar-refractivity contribution is -0.158. The quantitative estimate of drug-likeness (QED) is 0.518. The van der Waals surface area contributed by atoms with E-state index >= 15 is 0 Å². The van der Waals surface area contributed by atoms with Crippen LogP contribution in [0.5, 0.6) is 0 Å². The van der Waals surface area contributed by atoms with Gasteiger partial charge in [0.1, 0.15) is 24.2 Å². The molecule has 0 aliphatic carbocycles. The molecule has 2 aliphatic rings. The van der Waals surface area contributed by atoms with E-state index in [1.165, 1.54) is 17.2 Å². The first-order chi connectivity index (χ1) is 18.5. The van der Waals surface area contributed by atoms with Gasteiger partial charge in [-0.05, 0) is 31.8 Å². The second kappa shape index (κ2) is 13.5. The van der Waals surface area contributed by atoms with Crippen molar-refractivity contribution in [1.29, 1.82) is 0 Å². The average molecular weight is 542 g/mol. The Kier molecular flexibility index (Phi) is 10.4. The Balaban J connectivity index is 1.88. The molecule has 3 heterocycles. The third-order valence-electron chi connectivity index (χ3n) is 7.09. The maximum atomic E-state index is 13.2. The fraction of sp³-hybridized carbons (Fsp3) is 0.552. The molecule has 1 fully saturated rings. The molecule has 10 heteroatoms. The van der Waals surface area contributed by atoms with Crippen LogP contribution < -0.4 is 5.32 Å². The van der Waals surface area contributed by atoms with Crippen molar-refractivity contribution in [2.24, 2.45) is 17.8 Å². The van der Waals surface area contributed by atoms with Crippen LogP contribution in [0.15, 0.2) is 46.6 Å². The number of ether oxygens (including phenoxy) is 1. The molecular weight excluding hydrogens is 502 g/mol. The van der Waals surface area contributed by atoms with Crippen LogP contribution in [0.2, 0.25) is 0 Å². The zero-order chi connectivity index (χ0) is 28.7. The molecule has 39 heavy (non-hydrogen) atoms. The Morgan fingerprint density at radius 2 is 1.90 bits per heavy atom. The monoisotopic (exact) mass is 541 g/mol. The SMILES string of the molecule is CC1=C[C@@H](O)[C@H](C)C(=O)Cc2nc(co2)C(=O)N2CCC[C@@H]2C(=O)O[C@H](C(C)C)[C@H](C)/C=C/C(=O)NCC=C1. The van der Waals surface area contributed by atoms with Crippen molar-refractivity contribution in [2.45, 2.75) is 72.1 Å². The van der Waals surface area contributed by atoms with Crippen LogP contribution >= 0.6 is 0 Å². The summed E-state index contributed by atoms with van der Waals surface area (Å²) in [6.45, 7) is 9.77. The number of aromatic nitrogens is 1. The summed E-state index contributed by atoms with van der Waals surface area (Å²) >= 11 is 0. The van der Waals surface area contributed by atoms with Crippen LogP contribution in [0.3, 0.4) is 0 Å². The summed E-state index contributed by atoms with van der Waals surface area (Å²) in [5.41, 5.74) is 0.734. The number of nitrogens with zero attached hydrogens (tertiary/aromatic N) is 2. The predicted octanol–water partition coefficient (Wildman–Crippen LogP) is 2.78. The van der Waals surface area contributed by atoms with Gasteiger partial charge in [0.2, 0.25) is 11.8 Å². The summed E-state index contributed by atoms with van der Waals surface area (Å²) in [6.07, 6.45) is 8.75. The zero-order valence-corrected chi connectivity index (χ0v) is 23.3. The van der Waals surface area contributed by atoms with Gasteiger partial charge in [0.15, 0.2) is 5.69 Å². The highest BCUT2D eigenvalue weighted by molar-refractivity contribution is 5.95. The van der Waals surface area contributed by atoms with Crippen LogP contribution in [0, 0.1) is 17.8 Å². The second-order valence-electron chi connectivity index (χ2n) is 10.6. The number of oxazole rings is 1. The van der Waals surface area contributed by atoms with Gasteiger partial charge in [0.05, 0.1) is 12.5 Å². The van der Waals surface area contributed by atoms with E-state index in [1.807, 2.05) is 20.8 Å². The van der Waals surface area contributed by atoms with Crippen molar-refractivity contribution in [3.05, 3.63) is 53.8 Å². The fourth-order valence-electron chi connectivity index (χ4n) is 4.74. The number of amides is 2. The van der Waals surface area contributed by atoms with Gasteiger partial charge in [-0.15, -0.1) is 0 Å². The smallest absolute Gasteiger partial charge is 0.329 e. The molecule has 0 radical (unpaired) electrons. The standard InChI is InChI=1S/C29H39N3O7/c1-17(2)27-19(4)10-11-25(35)30-12-6-8-18(3)14-23(33)20(5)24(34)15-26-31-21(16-38-26)28(36)32-13-7-9-22(32)29(37)39-27/h6,8,10-11,14,16-17,19-20,22-23,27,33H,7,9,12-13,15H2,1-5H3,(H,30,35)/b8-6?,11-10+,18-14?/t19-,20+,22-,23-,27-/m1/s1. The number of nitrogens with one attached hydrogen (secondary N) is 1. The van der Waals surface area contributed by atoms with E-state index in [4.69, 9.17) is 9.15 Å². The summed E-state index contributed by atoms with van der Waals surface area (Å²) < 4.78 is 11.3. The number of hydrogen-bond acceptors (Lipinski definition) is 8. The number of aliphatic hydroxyl groups excluding tert-OH is 1. The Morgan fingerprint density at radius 1 is 1.15 bits per heavy atom. The molecule has 0 unspecified atom stereocenters. The third-order valence-corrected chi connectivity index (χ3v) is 7.09. The fourth-order valence-corrected chi connectivity index (χ4v) is 4.74. The number of carbonyl (C=O) groups excluding carboxylic acids is 4. The van der Waals surface area contributed by atoms with E-state index in [1.54, 1.807) is 38.2 Å².